The number of aryl methyl sites for hydroxylation is 1. The number of hydrogen-bond acceptors (Lipinski definition) is 2. The summed E-state index contributed by atoms with van der Waals surface area (Å²) in [5.74, 6) is -1.39. The quantitative estimate of drug-likeness (QED) is 0.903. The molecule has 1 atom stereocenters. The third-order valence-corrected chi connectivity index (χ3v) is 2.82. The smallest absolute Gasteiger partial charge is 0.168 e. The van der Waals surface area contributed by atoms with Crippen molar-refractivity contribution in [2.24, 2.45) is 0 Å². The van der Waals surface area contributed by atoms with Crippen molar-refractivity contribution in [3.05, 3.63) is 59.2 Å². The van der Waals surface area contributed by atoms with Gasteiger partial charge in [-0.3, -0.25) is 0 Å². The van der Waals surface area contributed by atoms with Gasteiger partial charge in [0.15, 0.2) is 23.1 Å². The first-order valence-corrected chi connectivity index (χ1v) is 5.90. The average Bonchev–Trinajstić information content (AvgIpc) is 2.36. The Morgan fingerprint density at radius 1 is 1.11 bits per heavy atom. The van der Waals surface area contributed by atoms with E-state index in [0.29, 0.717) is 5.56 Å². The van der Waals surface area contributed by atoms with Gasteiger partial charge >= 0.3 is 0 Å². The van der Waals surface area contributed by atoms with Gasteiger partial charge in [-0.15, -0.1) is 0 Å². The molecular weight excluding hydrogens is 250 g/mol. The molecule has 0 aliphatic rings. The lowest BCUT2D eigenvalue weighted by molar-refractivity contribution is 0.194. The maximum Gasteiger partial charge on any atom is 0.168 e. The van der Waals surface area contributed by atoms with Gasteiger partial charge in [-0.05, 0) is 31.5 Å². The molecule has 0 aliphatic heterocycles. The van der Waals surface area contributed by atoms with E-state index >= 15 is 0 Å². The van der Waals surface area contributed by atoms with Gasteiger partial charge in [-0.25, -0.2) is 8.78 Å². The Labute approximate surface area is 110 Å². The van der Waals surface area contributed by atoms with Gasteiger partial charge in [-0.2, -0.15) is 0 Å². The monoisotopic (exact) mass is 264 g/mol. The topological polar surface area (TPSA) is 29.5 Å². The van der Waals surface area contributed by atoms with E-state index in [9.17, 15) is 13.9 Å². The summed E-state index contributed by atoms with van der Waals surface area (Å²) >= 11 is 0. The van der Waals surface area contributed by atoms with Crippen LogP contribution in [0.2, 0.25) is 0 Å². The summed E-state index contributed by atoms with van der Waals surface area (Å²) in [7, 11) is 0. The summed E-state index contributed by atoms with van der Waals surface area (Å²) in [6, 6.07) is 8.85. The molecule has 2 aromatic rings. The first-order chi connectivity index (χ1) is 9.00. The van der Waals surface area contributed by atoms with Crippen LogP contribution < -0.4 is 4.74 Å². The van der Waals surface area contributed by atoms with Crippen molar-refractivity contribution in [1.29, 1.82) is 0 Å². The van der Waals surface area contributed by atoms with Crippen LogP contribution in [0.5, 0.6) is 11.5 Å². The van der Waals surface area contributed by atoms with Gasteiger partial charge in [0.05, 0.1) is 6.10 Å². The van der Waals surface area contributed by atoms with Crippen LogP contribution in [0.3, 0.4) is 0 Å². The summed E-state index contributed by atoms with van der Waals surface area (Å²) in [6.45, 7) is 3.09. The second kappa shape index (κ2) is 5.36. The minimum Gasteiger partial charge on any atom is -0.451 e. The maximum absolute atomic E-state index is 13.8. The first-order valence-electron chi connectivity index (χ1n) is 5.90. The van der Waals surface area contributed by atoms with Crippen molar-refractivity contribution in [1.82, 2.24) is 0 Å². The third-order valence-electron chi connectivity index (χ3n) is 2.82. The molecule has 2 rings (SSSR count). The molecule has 4 heteroatoms. The van der Waals surface area contributed by atoms with Crippen LogP contribution >= 0.6 is 0 Å². The highest BCUT2D eigenvalue weighted by Crippen LogP contribution is 2.33. The highest BCUT2D eigenvalue weighted by molar-refractivity contribution is 5.41. The van der Waals surface area contributed by atoms with E-state index in [-0.39, 0.29) is 17.1 Å². The van der Waals surface area contributed by atoms with Crippen molar-refractivity contribution in [3.8, 4) is 11.5 Å². The molecule has 0 fully saturated rings. The second-order valence-corrected chi connectivity index (χ2v) is 4.32. The molecule has 0 amide bonds. The van der Waals surface area contributed by atoms with Crippen molar-refractivity contribution in [2.75, 3.05) is 0 Å². The molecule has 100 valence electrons. The zero-order chi connectivity index (χ0) is 14.0. The Hall–Kier alpha value is -1.94. The minimum atomic E-state index is -0.904. The molecule has 0 heterocycles. The number of benzene rings is 2. The lowest BCUT2D eigenvalue weighted by Gasteiger charge is -2.14. The first kappa shape index (κ1) is 13.5. The van der Waals surface area contributed by atoms with Gasteiger partial charge in [0, 0.05) is 5.56 Å². The summed E-state index contributed by atoms with van der Waals surface area (Å²) in [4.78, 5) is 0. The maximum atomic E-state index is 13.8. The zero-order valence-corrected chi connectivity index (χ0v) is 10.7. The fraction of sp³-hybridized carbons (Fsp3) is 0.200. The van der Waals surface area contributed by atoms with Crippen LogP contribution in [-0.2, 0) is 0 Å². The molecular formula is C15H14F2O2. The highest BCUT2D eigenvalue weighted by Gasteiger charge is 2.16. The number of ether oxygens (including phenoxy) is 1. The van der Waals surface area contributed by atoms with E-state index in [1.54, 1.807) is 19.1 Å². The van der Waals surface area contributed by atoms with Crippen LogP contribution in [0.1, 0.15) is 24.2 Å². The van der Waals surface area contributed by atoms with Crippen molar-refractivity contribution >= 4 is 0 Å². The van der Waals surface area contributed by atoms with Gasteiger partial charge in [0.2, 0.25) is 0 Å². The van der Waals surface area contributed by atoms with E-state index in [1.165, 1.54) is 31.2 Å². The molecule has 1 N–H and O–H groups in total. The Bertz CT molecular complexity index is 595. The summed E-state index contributed by atoms with van der Waals surface area (Å²) in [5, 5.41) is 9.59. The highest BCUT2D eigenvalue weighted by atomic mass is 19.1. The van der Waals surface area contributed by atoms with Crippen LogP contribution in [0, 0.1) is 18.6 Å². The number of para-hydroxylation sites is 1. The second-order valence-electron chi connectivity index (χ2n) is 4.32. The lowest BCUT2D eigenvalue weighted by Crippen LogP contribution is -2.00. The fourth-order valence-corrected chi connectivity index (χ4v) is 1.77. The number of aliphatic hydroxyl groups excluding tert-OH is 1. The average molecular weight is 264 g/mol. The molecule has 0 aromatic heterocycles. The molecule has 0 aliphatic carbocycles. The Kier molecular flexibility index (Phi) is 3.81. The molecule has 19 heavy (non-hydrogen) atoms. The van der Waals surface area contributed by atoms with Crippen molar-refractivity contribution in [2.45, 2.75) is 20.0 Å². The fourth-order valence-electron chi connectivity index (χ4n) is 1.77. The molecule has 2 aromatic carbocycles. The number of halogens is 2. The Morgan fingerprint density at radius 2 is 1.79 bits per heavy atom. The molecule has 0 bridgehead atoms. The largest absolute Gasteiger partial charge is 0.451 e. The number of aliphatic hydroxyl groups is 1. The third kappa shape index (κ3) is 2.74. The summed E-state index contributed by atoms with van der Waals surface area (Å²) < 4.78 is 32.9. The summed E-state index contributed by atoms with van der Waals surface area (Å²) in [5.41, 5.74) is 0.688. The van der Waals surface area contributed by atoms with Gasteiger partial charge in [0.1, 0.15) is 0 Å². The van der Waals surface area contributed by atoms with E-state index < -0.39 is 17.7 Å². The predicted molar refractivity (Wildman–Crippen MR) is 68.2 cm³/mol. The zero-order valence-electron chi connectivity index (χ0n) is 10.7. The van der Waals surface area contributed by atoms with Crippen molar-refractivity contribution < 1.29 is 18.6 Å². The lowest BCUT2D eigenvalue weighted by atomic mass is 10.1. The van der Waals surface area contributed by atoms with E-state index in [1.807, 2.05) is 0 Å². The molecule has 0 radical (unpaired) electrons. The normalized spacial score (nSPS) is 12.3. The van der Waals surface area contributed by atoms with E-state index in [4.69, 9.17) is 4.74 Å². The van der Waals surface area contributed by atoms with Gasteiger partial charge in [-0.1, -0.05) is 24.3 Å². The predicted octanol–water partition coefficient (Wildman–Crippen LogP) is 4.12. The van der Waals surface area contributed by atoms with Crippen molar-refractivity contribution in [3.63, 3.8) is 0 Å². The van der Waals surface area contributed by atoms with Gasteiger partial charge < -0.3 is 9.84 Å². The van der Waals surface area contributed by atoms with Crippen LogP contribution in [0.25, 0.3) is 0 Å². The molecule has 0 unspecified atom stereocenters. The Morgan fingerprint density at radius 3 is 2.47 bits per heavy atom. The standard InChI is InChI=1S/C15H14F2O2/c1-9-5-3-8-13(14(9)17)19-15-11(10(2)18)6-4-7-12(15)16/h3-8,10,18H,1-2H3/t10-/m0/s1. The Balaban J connectivity index is 2.46. The number of hydrogen-bond donors (Lipinski definition) is 1. The van der Waals surface area contributed by atoms with Crippen LogP contribution in [0.4, 0.5) is 8.78 Å². The SMILES string of the molecule is Cc1cccc(Oc2c(F)cccc2[C@H](C)O)c1F. The van der Waals surface area contributed by atoms with Crippen LogP contribution in [-0.4, -0.2) is 5.11 Å². The molecule has 2 nitrogen and oxygen atoms in total. The van der Waals surface area contributed by atoms with Gasteiger partial charge in [0.25, 0.3) is 0 Å². The molecule has 0 saturated carbocycles. The van der Waals surface area contributed by atoms with E-state index in [0.717, 1.165) is 0 Å². The summed E-state index contributed by atoms with van der Waals surface area (Å²) in [6.07, 6.45) is -0.904. The number of rotatable bonds is 3. The molecule has 0 saturated heterocycles. The van der Waals surface area contributed by atoms with E-state index in [2.05, 4.69) is 0 Å². The molecule has 0 spiro atoms. The van der Waals surface area contributed by atoms with Crippen LogP contribution in [0.15, 0.2) is 36.4 Å². The minimum absolute atomic E-state index is 0.0630.